The van der Waals surface area contributed by atoms with E-state index in [2.05, 4.69) is 26.2 Å². The fourth-order valence-corrected chi connectivity index (χ4v) is 15.4. The van der Waals surface area contributed by atoms with Gasteiger partial charge in [-0.3, -0.25) is 4.79 Å². The highest BCUT2D eigenvalue weighted by molar-refractivity contribution is 6.96. The Morgan fingerprint density at radius 1 is 0.571 bits per heavy atom. The zero-order valence-electron chi connectivity index (χ0n) is 19.0. The Labute approximate surface area is 175 Å². The van der Waals surface area contributed by atoms with Crippen molar-refractivity contribution < 1.29 is 4.79 Å². The second-order valence-electron chi connectivity index (χ2n) is 11.4. The van der Waals surface area contributed by atoms with E-state index in [1.54, 1.807) is 11.1 Å². The van der Waals surface area contributed by atoms with Crippen LogP contribution in [0.4, 0.5) is 0 Å². The molecule has 0 atom stereocenters. The van der Waals surface area contributed by atoms with E-state index >= 15 is 0 Å². The first-order valence-corrected chi connectivity index (χ1v) is 18.5. The minimum absolute atomic E-state index is 0.594. The van der Waals surface area contributed by atoms with Gasteiger partial charge >= 0.3 is 0 Å². The summed E-state index contributed by atoms with van der Waals surface area (Å²) in [4.78, 5) is 14.2. The predicted molar refractivity (Wildman–Crippen MR) is 126 cm³/mol. The molecule has 0 aromatic heterocycles. The maximum absolute atomic E-state index is 14.2. The highest BCUT2D eigenvalue weighted by atomic mass is 28.3. The molecule has 0 amide bonds. The van der Waals surface area contributed by atoms with Crippen molar-refractivity contribution >= 4 is 21.9 Å². The van der Waals surface area contributed by atoms with Gasteiger partial charge in [-0.2, -0.15) is 0 Å². The lowest BCUT2D eigenvalue weighted by atomic mass is 9.92. The topological polar surface area (TPSA) is 17.1 Å². The van der Waals surface area contributed by atoms with Gasteiger partial charge in [-0.15, -0.1) is 0 Å². The van der Waals surface area contributed by atoms with Gasteiger partial charge in [-0.25, -0.2) is 0 Å². The summed E-state index contributed by atoms with van der Waals surface area (Å²) in [6, 6.07) is 0. The van der Waals surface area contributed by atoms with Crippen molar-refractivity contribution in [1.82, 2.24) is 0 Å². The van der Waals surface area contributed by atoms with Crippen LogP contribution in [0.1, 0.15) is 89.9 Å². The van der Waals surface area contributed by atoms with Gasteiger partial charge < -0.3 is 0 Å². The van der Waals surface area contributed by atoms with Crippen molar-refractivity contribution in [3.8, 4) is 0 Å². The lowest BCUT2D eigenvalue weighted by Crippen LogP contribution is -2.44. The highest BCUT2D eigenvalue weighted by Crippen LogP contribution is 2.52. The first-order valence-electron chi connectivity index (χ1n) is 12.4. The monoisotopic (exact) mass is 414 g/mol. The number of Topliss-reactive ketones (excluding diaryl/α,β-unsaturated/α-hetero) is 1. The Hall–Kier alpha value is -0.416. The van der Waals surface area contributed by atoms with Crippen LogP contribution in [0.5, 0.6) is 0 Å². The molecule has 156 valence electrons. The summed E-state index contributed by atoms with van der Waals surface area (Å²) < 4.78 is 0. The van der Waals surface area contributed by atoms with Crippen molar-refractivity contribution in [2.24, 2.45) is 0 Å². The summed E-state index contributed by atoms with van der Waals surface area (Å²) in [6.45, 7) is 10.3. The Bertz CT molecular complexity index is 627. The smallest absolute Gasteiger partial charge is 0.177 e. The van der Waals surface area contributed by atoms with Gasteiger partial charge in [0.25, 0.3) is 0 Å². The lowest BCUT2D eigenvalue weighted by molar-refractivity contribution is -0.111. The van der Waals surface area contributed by atoms with E-state index in [1.807, 2.05) is 0 Å². The average Bonchev–Trinajstić information content (AvgIpc) is 3.02. The van der Waals surface area contributed by atoms with Gasteiger partial charge in [0.1, 0.15) is 0 Å². The molecular formula is C25H42OSi2. The predicted octanol–water partition coefficient (Wildman–Crippen LogP) is 7.90. The van der Waals surface area contributed by atoms with Crippen molar-refractivity contribution in [1.29, 1.82) is 0 Å². The molecule has 4 aliphatic rings. The first-order chi connectivity index (χ1) is 13.3. The summed E-state index contributed by atoms with van der Waals surface area (Å²) in [5.74, 6) is 0.594. The molecule has 0 aromatic rings. The van der Waals surface area contributed by atoms with Crippen LogP contribution >= 0.6 is 0 Å². The standard InChI is InChI=1S/C25H42OSi2/c1-27(2,19-13-7-5-8-14-19)24-21-17-11-12-18-22(21)25(23(24)26)28(3,4)20-15-9-6-10-16-20/h19-20H,5-18H2,1-4H3. The quantitative estimate of drug-likeness (QED) is 0.427. The Morgan fingerprint density at radius 3 is 1.29 bits per heavy atom. The fourth-order valence-electron chi connectivity index (χ4n) is 7.28. The second-order valence-corrected chi connectivity index (χ2v) is 20.9. The van der Waals surface area contributed by atoms with Gasteiger partial charge in [0.2, 0.25) is 0 Å². The van der Waals surface area contributed by atoms with Crippen LogP contribution in [-0.4, -0.2) is 21.9 Å². The molecule has 3 heteroatoms. The van der Waals surface area contributed by atoms with Crippen LogP contribution in [0.15, 0.2) is 21.5 Å². The van der Waals surface area contributed by atoms with Gasteiger partial charge in [0.05, 0.1) is 16.1 Å². The number of rotatable bonds is 4. The maximum atomic E-state index is 14.2. The molecule has 0 aliphatic heterocycles. The SMILES string of the molecule is C[Si](C)(C1=C2CCCCC2=C([Si](C)(C)C2CCCCC2)C1=O)C1CCCCC1. The number of fused-ring (bicyclic) bond motifs is 1. The van der Waals surface area contributed by atoms with E-state index in [1.165, 1.54) is 100 Å². The molecule has 28 heavy (non-hydrogen) atoms. The van der Waals surface area contributed by atoms with Gasteiger partial charge in [0, 0.05) is 0 Å². The summed E-state index contributed by atoms with van der Waals surface area (Å²) in [5, 5.41) is 2.86. The van der Waals surface area contributed by atoms with Crippen molar-refractivity contribution in [3.63, 3.8) is 0 Å². The third kappa shape index (κ3) is 3.49. The molecule has 0 saturated heterocycles. The number of allylic oxidation sites excluding steroid dienone is 4. The number of hydrogen-bond donors (Lipinski definition) is 0. The zero-order chi connectivity index (χ0) is 19.9. The lowest BCUT2D eigenvalue weighted by Gasteiger charge is -2.39. The molecule has 4 rings (SSSR count). The Kier molecular flexibility index (Phi) is 5.97. The first kappa shape index (κ1) is 20.8. The number of hydrogen-bond acceptors (Lipinski definition) is 1. The van der Waals surface area contributed by atoms with Crippen molar-refractivity contribution in [2.75, 3.05) is 0 Å². The molecule has 0 N–H and O–H groups in total. The van der Waals surface area contributed by atoms with Crippen LogP contribution in [0.25, 0.3) is 0 Å². The summed E-state index contributed by atoms with van der Waals surface area (Å²) in [6.07, 6.45) is 19.0. The Balaban J connectivity index is 1.72. The van der Waals surface area contributed by atoms with Gasteiger partial charge in [-0.05, 0) is 58.3 Å². The summed E-state index contributed by atoms with van der Waals surface area (Å²) >= 11 is 0. The van der Waals surface area contributed by atoms with E-state index in [-0.39, 0.29) is 0 Å². The molecule has 0 spiro atoms. The van der Waals surface area contributed by atoms with Crippen molar-refractivity contribution in [2.45, 2.75) is 127 Å². The molecule has 0 bridgehead atoms. The maximum Gasteiger partial charge on any atom is 0.177 e. The molecule has 3 fully saturated rings. The third-order valence-corrected chi connectivity index (χ3v) is 17.9. The van der Waals surface area contributed by atoms with Crippen LogP contribution in [0.2, 0.25) is 37.3 Å². The van der Waals surface area contributed by atoms with E-state index in [9.17, 15) is 4.79 Å². The van der Waals surface area contributed by atoms with E-state index in [0.717, 1.165) is 11.1 Å². The molecule has 4 aliphatic carbocycles. The van der Waals surface area contributed by atoms with Crippen LogP contribution in [-0.2, 0) is 4.79 Å². The summed E-state index contributed by atoms with van der Waals surface area (Å²) in [5.41, 5.74) is 4.89. The van der Waals surface area contributed by atoms with Crippen molar-refractivity contribution in [3.05, 3.63) is 21.5 Å². The van der Waals surface area contributed by atoms with Crippen LogP contribution in [0.3, 0.4) is 0 Å². The fraction of sp³-hybridized carbons (Fsp3) is 0.800. The molecule has 3 saturated carbocycles. The average molecular weight is 415 g/mol. The van der Waals surface area contributed by atoms with E-state index < -0.39 is 16.1 Å². The molecule has 1 nitrogen and oxygen atoms in total. The minimum Gasteiger partial charge on any atom is -0.290 e. The second kappa shape index (κ2) is 8.02. The molecule has 0 aromatic carbocycles. The largest absolute Gasteiger partial charge is 0.290 e. The molecule has 0 radical (unpaired) electrons. The van der Waals surface area contributed by atoms with Crippen LogP contribution < -0.4 is 0 Å². The zero-order valence-corrected chi connectivity index (χ0v) is 21.0. The van der Waals surface area contributed by atoms with E-state index in [0.29, 0.717) is 5.78 Å². The number of carbonyl (C=O) groups excluding carboxylic acids is 1. The molecular weight excluding hydrogens is 372 g/mol. The third-order valence-electron chi connectivity index (χ3n) is 9.07. The Morgan fingerprint density at radius 2 is 0.929 bits per heavy atom. The number of ketones is 1. The van der Waals surface area contributed by atoms with Gasteiger partial charge in [-0.1, -0.05) is 90.4 Å². The van der Waals surface area contributed by atoms with E-state index in [4.69, 9.17) is 0 Å². The molecule has 0 heterocycles. The number of carbonyl (C=O) groups is 1. The normalized spacial score (nSPS) is 26.2. The molecule has 0 unspecified atom stereocenters. The van der Waals surface area contributed by atoms with Gasteiger partial charge in [0.15, 0.2) is 5.78 Å². The highest BCUT2D eigenvalue weighted by Gasteiger charge is 2.50. The summed E-state index contributed by atoms with van der Waals surface area (Å²) in [7, 11) is -3.40. The van der Waals surface area contributed by atoms with Crippen LogP contribution in [0, 0.1) is 0 Å². The minimum atomic E-state index is -1.70.